The number of aromatic nitrogens is 1. The Balaban J connectivity index is 1.24. The molecule has 0 amide bonds. The van der Waals surface area contributed by atoms with E-state index in [1.807, 2.05) is 0 Å². The van der Waals surface area contributed by atoms with E-state index in [4.69, 9.17) is 4.98 Å². The second-order valence-corrected chi connectivity index (χ2v) is 13.6. The molecule has 1 heterocycles. The van der Waals surface area contributed by atoms with Crippen molar-refractivity contribution >= 4 is 28.0 Å². The van der Waals surface area contributed by atoms with Crippen LogP contribution in [0, 0.1) is 0 Å². The normalized spacial score (nSPS) is 12.8. The van der Waals surface area contributed by atoms with Crippen molar-refractivity contribution in [3.8, 4) is 44.6 Å². The van der Waals surface area contributed by atoms with E-state index >= 15 is 0 Å². The van der Waals surface area contributed by atoms with Gasteiger partial charge >= 0.3 is 0 Å². The Hall–Kier alpha value is -6.25. The summed E-state index contributed by atoms with van der Waals surface area (Å²) in [5.41, 5.74) is 16.2. The van der Waals surface area contributed by atoms with Gasteiger partial charge in [-0.3, -0.25) is 0 Å². The Bertz CT molecular complexity index is 2500. The van der Waals surface area contributed by atoms with Gasteiger partial charge in [-0.2, -0.15) is 0 Å². The summed E-state index contributed by atoms with van der Waals surface area (Å²) in [6.07, 6.45) is 0. The van der Waals surface area contributed by atoms with Gasteiger partial charge in [-0.05, 0) is 75.8 Å². The maximum absolute atomic E-state index is 5.30. The number of anilines is 3. The monoisotopic (exact) mass is 640 g/mol. The summed E-state index contributed by atoms with van der Waals surface area (Å²) in [4.78, 5) is 7.75. The second kappa shape index (κ2) is 12.0. The minimum absolute atomic E-state index is 0.282. The van der Waals surface area contributed by atoms with E-state index in [2.05, 4.69) is 201 Å². The first-order valence-electron chi connectivity index (χ1n) is 17.3. The third-order valence-corrected chi connectivity index (χ3v) is 10.2. The number of hydrogen-bond donors (Lipinski definition) is 0. The van der Waals surface area contributed by atoms with Gasteiger partial charge in [0.15, 0.2) is 0 Å². The lowest BCUT2D eigenvalue weighted by molar-refractivity contribution is 0.661. The summed E-state index contributed by atoms with van der Waals surface area (Å²) in [5.74, 6) is 0. The van der Waals surface area contributed by atoms with Crippen LogP contribution in [0.2, 0.25) is 0 Å². The lowest BCUT2D eigenvalue weighted by atomic mass is 9.80. The molecule has 0 aliphatic heterocycles. The Kier molecular flexibility index (Phi) is 7.17. The van der Waals surface area contributed by atoms with Gasteiger partial charge < -0.3 is 4.90 Å². The molecule has 50 heavy (non-hydrogen) atoms. The molecule has 1 aliphatic rings. The first-order valence-corrected chi connectivity index (χ1v) is 17.3. The highest BCUT2D eigenvalue weighted by atomic mass is 15.1. The molecule has 0 bridgehead atoms. The topological polar surface area (TPSA) is 16.1 Å². The van der Waals surface area contributed by atoms with Gasteiger partial charge in [0.1, 0.15) is 0 Å². The van der Waals surface area contributed by atoms with Crippen LogP contribution in [0.15, 0.2) is 182 Å². The fraction of sp³-hybridized carbons (Fsp3) is 0.0625. The summed E-state index contributed by atoms with van der Waals surface area (Å²) in [5, 5.41) is 1.14. The first kappa shape index (κ1) is 29.9. The number of nitrogens with zero attached hydrogens (tertiary/aromatic N) is 2. The largest absolute Gasteiger partial charge is 0.310 e. The highest BCUT2D eigenvalue weighted by Crippen LogP contribution is 2.55. The smallest absolute Gasteiger partial charge is 0.0788 e. The number of para-hydroxylation sites is 3. The fourth-order valence-corrected chi connectivity index (χ4v) is 7.88. The van der Waals surface area contributed by atoms with Crippen molar-refractivity contribution in [1.29, 1.82) is 0 Å². The van der Waals surface area contributed by atoms with E-state index in [1.54, 1.807) is 0 Å². The molecule has 2 nitrogen and oxygen atoms in total. The van der Waals surface area contributed by atoms with Crippen LogP contribution >= 0.6 is 0 Å². The SMILES string of the molecule is CC1(C)c2cc(-c3nc4ccccc4cc3-c3ccccc3)ccc2-c2cccc(N(c3ccccc3)c3ccccc3-c3ccccc3)c21. The molecular formula is C48H36N2. The third kappa shape index (κ3) is 4.92. The lowest BCUT2D eigenvalue weighted by Crippen LogP contribution is -2.21. The molecule has 0 spiro atoms. The molecule has 8 aromatic rings. The van der Waals surface area contributed by atoms with Crippen LogP contribution in [-0.2, 0) is 5.41 Å². The molecule has 1 aromatic heterocycles. The molecule has 0 saturated heterocycles. The van der Waals surface area contributed by atoms with Crippen molar-refractivity contribution in [2.75, 3.05) is 4.90 Å². The minimum Gasteiger partial charge on any atom is -0.310 e. The molecule has 0 atom stereocenters. The van der Waals surface area contributed by atoms with Crippen molar-refractivity contribution in [1.82, 2.24) is 4.98 Å². The van der Waals surface area contributed by atoms with Crippen LogP contribution in [0.25, 0.3) is 55.5 Å². The van der Waals surface area contributed by atoms with Crippen LogP contribution in [0.5, 0.6) is 0 Å². The van der Waals surface area contributed by atoms with Gasteiger partial charge in [-0.15, -0.1) is 0 Å². The molecule has 7 aromatic carbocycles. The van der Waals surface area contributed by atoms with Gasteiger partial charge in [-0.1, -0.05) is 153 Å². The van der Waals surface area contributed by atoms with Gasteiger partial charge in [0.25, 0.3) is 0 Å². The Morgan fingerprint density at radius 2 is 1.04 bits per heavy atom. The number of fused-ring (bicyclic) bond motifs is 4. The number of rotatable bonds is 6. The zero-order valence-corrected chi connectivity index (χ0v) is 28.2. The zero-order chi connectivity index (χ0) is 33.7. The molecule has 1 aliphatic carbocycles. The number of hydrogen-bond acceptors (Lipinski definition) is 2. The van der Waals surface area contributed by atoms with Crippen LogP contribution in [0.3, 0.4) is 0 Å². The average molecular weight is 641 g/mol. The Morgan fingerprint density at radius 1 is 0.440 bits per heavy atom. The van der Waals surface area contributed by atoms with Gasteiger partial charge in [0, 0.05) is 33.2 Å². The summed E-state index contributed by atoms with van der Waals surface area (Å²) >= 11 is 0. The molecule has 238 valence electrons. The highest BCUT2D eigenvalue weighted by Gasteiger charge is 2.39. The van der Waals surface area contributed by atoms with E-state index in [1.165, 1.54) is 44.6 Å². The van der Waals surface area contributed by atoms with Crippen LogP contribution in [-0.4, -0.2) is 4.98 Å². The molecule has 0 fully saturated rings. The standard InChI is InChI=1S/C48H36N2/c1-48(2)42-32-36(47-41(34-19-8-4-9-20-34)31-35-21-12-14-26-43(35)49-47)29-30-39(42)40-25-16-28-45(46(40)48)50(37-22-10-5-11-23-37)44-27-15-13-24-38(44)33-17-6-3-7-18-33/h3-32H,1-2H3. The predicted molar refractivity (Wildman–Crippen MR) is 210 cm³/mol. The quantitative estimate of drug-likeness (QED) is 0.180. The van der Waals surface area contributed by atoms with E-state index in [0.717, 1.165) is 39.1 Å². The summed E-state index contributed by atoms with van der Waals surface area (Å²) in [7, 11) is 0. The zero-order valence-electron chi connectivity index (χ0n) is 28.2. The molecule has 0 unspecified atom stereocenters. The van der Waals surface area contributed by atoms with Crippen molar-refractivity contribution in [2.24, 2.45) is 0 Å². The molecule has 9 rings (SSSR count). The maximum atomic E-state index is 5.30. The minimum atomic E-state index is -0.282. The average Bonchev–Trinajstić information content (AvgIpc) is 3.41. The third-order valence-electron chi connectivity index (χ3n) is 10.2. The van der Waals surface area contributed by atoms with Crippen LogP contribution in [0.4, 0.5) is 17.1 Å². The Morgan fingerprint density at radius 3 is 1.80 bits per heavy atom. The lowest BCUT2D eigenvalue weighted by Gasteiger charge is -2.33. The summed E-state index contributed by atoms with van der Waals surface area (Å²) in [6, 6.07) is 65.4. The van der Waals surface area contributed by atoms with Crippen molar-refractivity contribution in [3.63, 3.8) is 0 Å². The van der Waals surface area contributed by atoms with E-state index in [0.29, 0.717) is 0 Å². The predicted octanol–water partition coefficient (Wildman–Crippen LogP) is 13.0. The molecule has 0 saturated carbocycles. The Labute approximate surface area is 294 Å². The fourth-order valence-electron chi connectivity index (χ4n) is 7.88. The molecule has 0 N–H and O–H groups in total. The first-order chi connectivity index (χ1) is 24.6. The van der Waals surface area contributed by atoms with E-state index in [9.17, 15) is 0 Å². The maximum Gasteiger partial charge on any atom is 0.0788 e. The van der Waals surface area contributed by atoms with Gasteiger partial charge in [-0.25, -0.2) is 4.98 Å². The van der Waals surface area contributed by atoms with Gasteiger partial charge in [0.05, 0.1) is 22.6 Å². The summed E-state index contributed by atoms with van der Waals surface area (Å²) in [6.45, 7) is 4.76. The molecular weight excluding hydrogens is 605 g/mol. The number of benzene rings is 7. The van der Waals surface area contributed by atoms with Crippen molar-refractivity contribution in [3.05, 3.63) is 193 Å². The van der Waals surface area contributed by atoms with Crippen LogP contribution in [0.1, 0.15) is 25.0 Å². The number of pyridine rings is 1. The van der Waals surface area contributed by atoms with Crippen molar-refractivity contribution in [2.45, 2.75) is 19.3 Å². The molecule has 0 radical (unpaired) electrons. The van der Waals surface area contributed by atoms with E-state index < -0.39 is 0 Å². The highest BCUT2D eigenvalue weighted by molar-refractivity contribution is 5.96. The second-order valence-electron chi connectivity index (χ2n) is 13.6. The van der Waals surface area contributed by atoms with E-state index in [-0.39, 0.29) is 5.41 Å². The van der Waals surface area contributed by atoms with Gasteiger partial charge in [0.2, 0.25) is 0 Å². The summed E-state index contributed by atoms with van der Waals surface area (Å²) < 4.78 is 0. The van der Waals surface area contributed by atoms with Crippen molar-refractivity contribution < 1.29 is 0 Å². The van der Waals surface area contributed by atoms with Crippen LogP contribution < -0.4 is 4.90 Å². The molecule has 2 heteroatoms.